The smallest absolute Gasteiger partial charge is 0.234 e. The Bertz CT molecular complexity index is 975. The van der Waals surface area contributed by atoms with Crippen LogP contribution < -0.4 is 10.6 Å². The lowest BCUT2D eigenvalue weighted by Gasteiger charge is -2.06. The van der Waals surface area contributed by atoms with Gasteiger partial charge in [-0.3, -0.25) is 9.59 Å². The maximum absolute atomic E-state index is 12.2. The number of nitrogens with zero attached hydrogens (tertiary/aromatic N) is 2. The van der Waals surface area contributed by atoms with Crippen molar-refractivity contribution in [2.75, 3.05) is 16.4 Å². The lowest BCUT2D eigenvalue weighted by atomic mass is 10.1. The van der Waals surface area contributed by atoms with Gasteiger partial charge in [0.2, 0.25) is 16.9 Å². The quantitative estimate of drug-likeness (QED) is 0.308. The first-order chi connectivity index (χ1) is 15.1. The Morgan fingerprint density at radius 2 is 1.65 bits per heavy atom. The first kappa shape index (κ1) is 23.0. The van der Waals surface area contributed by atoms with Crippen molar-refractivity contribution in [3.8, 4) is 0 Å². The zero-order chi connectivity index (χ0) is 21.9. The number of aryl methyl sites for hydroxylation is 2. The second-order valence-electron chi connectivity index (χ2n) is 7.04. The average molecular weight is 455 g/mol. The van der Waals surface area contributed by atoms with Gasteiger partial charge in [0.15, 0.2) is 4.34 Å². The molecule has 0 saturated heterocycles. The maximum Gasteiger partial charge on any atom is 0.234 e. The molecule has 3 rings (SSSR count). The highest BCUT2D eigenvalue weighted by Crippen LogP contribution is 2.25. The van der Waals surface area contributed by atoms with Crippen LogP contribution in [0.1, 0.15) is 37.3 Å². The number of unbranched alkanes of at least 4 members (excludes halogenated alkanes) is 1. The van der Waals surface area contributed by atoms with E-state index in [0.717, 1.165) is 17.7 Å². The van der Waals surface area contributed by atoms with Crippen LogP contribution in [-0.2, 0) is 22.4 Å². The summed E-state index contributed by atoms with van der Waals surface area (Å²) in [5.41, 5.74) is 3.18. The summed E-state index contributed by atoms with van der Waals surface area (Å²) in [4.78, 5) is 24.3. The normalized spacial score (nSPS) is 10.6. The molecular weight excluding hydrogens is 428 g/mol. The van der Waals surface area contributed by atoms with E-state index in [-0.39, 0.29) is 17.6 Å². The molecule has 0 unspecified atom stereocenters. The fraction of sp³-hybridized carbons (Fsp3) is 0.304. The lowest BCUT2D eigenvalue weighted by Crippen LogP contribution is -2.13. The third kappa shape index (κ3) is 8.15. The largest absolute Gasteiger partial charge is 0.325 e. The predicted molar refractivity (Wildman–Crippen MR) is 128 cm³/mol. The molecule has 3 aromatic rings. The van der Waals surface area contributed by atoms with Gasteiger partial charge in [0.05, 0.1) is 5.75 Å². The molecule has 0 bridgehead atoms. The Labute approximate surface area is 190 Å². The van der Waals surface area contributed by atoms with Gasteiger partial charge in [0.25, 0.3) is 0 Å². The number of hydrogen-bond acceptors (Lipinski definition) is 6. The highest BCUT2D eigenvalue weighted by Gasteiger charge is 2.11. The number of thioether (sulfide) groups is 1. The van der Waals surface area contributed by atoms with Crippen molar-refractivity contribution >= 4 is 45.7 Å². The van der Waals surface area contributed by atoms with Crippen LogP contribution in [0.25, 0.3) is 0 Å². The summed E-state index contributed by atoms with van der Waals surface area (Å²) >= 11 is 2.57. The summed E-state index contributed by atoms with van der Waals surface area (Å²) in [6, 6.07) is 17.8. The van der Waals surface area contributed by atoms with Gasteiger partial charge in [-0.15, -0.1) is 10.2 Å². The van der Waals surface area contributed by atoms with Gasteiger partial charge < -0.3 is 10.6 Å². The third-order valence-corrected chi connectivity index (χ3v) is 6.49. The molecule has 2 aromatic carbocycles. The molecule has 162 valence electrons. The molecule has 0 aliphatic heterocycles. The molecule has 8 heteroatoms. The van der Waals surface area contributed by atoms with E-state index in [0.29, 0.717) is 22.3 Å². The van der Waals surface area contributed by atoms with Crippen LogP contribution in [0.15, 0.2) is 58.9 Å². The van der Waals surface area contributed by atoms with E-state index >= 15 is 0 Å². The highest BCUT2D eigenvalue weighted by molar-refractivity contribution is 8.01. The summed E-state index contributed by atoms with van der Waals surface area (Å²) in [6.07, 6.45) is 4.45. The predicted octanol–water partition coefficient (Wildman–Crippen LogP) is 5.18. The number of carbonyl (C=O) groups excluding carboxylic acids is 2. The van der Waals surface area contributed by atoms with Crippen molar-refractivity contribution in [1.29, 1.82) is 0 Å². The summed E-state index contributed by atoms with van der Waals surface area (Å²) in [6.45, 7) is 2.17. The minimum atomic E-state index is -0.102. The molecule has 0 aliphatic rings. The Balaban J connectivity index is 1.39. The summed E-state index contributed by atoms with van der Waals surface area (Å²) in [5, 5.41) is 14.1. The second-order valence-corrected chi connectivity index (χ2v) is 9.24. The summed E-state index contributed by atoms with van der Waals surface area (Å²) < 4.78 is 0.642. The van der Waals surface area contributed by atoms with Crippen LogP contribution >= 0.6 is 23.1 Å². The zero-order valence-corrected chi connectivity index (χ0v) is 19.1. The molecule has 6 nitrogen and oxygen atoms in total. The minimum Gasteiger partial charge on any atom is -0.325 e. The molecule has 0 saturated carbocycles. The van der Waals surface area contributed by atoms with Crippen LogP contribution in [0.3, 0.4) is 0 Å². The molecular formula is C23H26N4O2S2. The Kier molecular flexibility index (Phi) is 9.05. The van der Waals surface area contributed by atoms with Gasteiger partial charge in [0.1, 0.15) is 0 Å². The van der Waals surface area contributed by atoms with E-state index < -0.39 is 0 Å². The molecule has 1 aromatic heterocycles. The van der Waals surface area contributed by atoms with Crippen LogP contribution in [-0.4, -0.2) is 27.8 Å². The van der Waals surface area contributed by atoms with Crippen molar-refractivity contribution < 1.29 is 9.59 Å². The van der Waals surface area contributed by atoms with Crippen LogP contribution in [0, 0.1) is 0 Å². The number of carbonyl (C=O) groups is 2. The standard InChI is InChI=1S/C23H26N4O2S2/c1-2-3-7-18-10-13-19(14-11-18)24-21(29)16-30-23-27-26-22(31-23)25-20(28)15-12-17-8-5-4-6-9-17/h4-6,8-11,13-14H,2-3,7,12,15-16H2,1H3,(H,24,29)(H,25,26,28). The minimum absolute atomic E-state index is 0.100. The van der Waals surface area contributed by atoms with Crippen molar-refractivity contribution in [2.24, 2.45) is 0 Å². The number of nitrogens with one attached hydrogen (secondary N) is 2. The van der Waals surface area contributed by atoms with E-state index in [4.69, 9.17) is 0 Å². The molecule has 2 amide bonds. The monoisotopic (exact) mass is 454 g/mol. The number of amides is 2. The summed E-state index contributed by atoms with van der Waals surface area (Å²) in [5.74, 6) is 0.0281. The van der Waals surface area contributed by atoms with Crippen LogP contribution in [0.4, 0.5) is 10.8 Å². The molecule has 0 aliphatic carbocycles. The number of anilines is 2. The first-order valence-electron chi connectivity index (χ1n) is 10.3. The molecule has 31 heavy (non-hydrogen) atoms. The Hall–Kier alpha value is -2.71. The van der Waals surface area contributed by atoms with Gasteiger partial charge in [-0.2, -0.15) is 0 Å². The molecule has 0 atom stereocenters. The van der Waals surface area contributed by atoms with Gasteiger partial charge in [-0.25, -0.2) is 0 Å². The number of hydrogen-bond donors (Lipinski definition) is 2. The van der Waals surface area contributed by atoms with Gasteiger partial charge >= 0.3 is 0 Å². The third-order valence-electron chi connectivity index (χ3n) is 4.52. The Morgan fingerprint density at radius 3 is 2.39 bits per heavy atom. The number of aromatic nitrogens is 2. The van der Waals surface area contributed by atoms with Gasteiger partial charge in [-0.1, -0.05) is 78.9 Å². The van der Waals surface area contributed by atoms with E-state index in [1.807, 2.05) is 42.5 Å². The van der Waals surface area contributed by atoms with E-state index in [9.17, 15) is 9.59 Å². The molecule has 0 spiro atoms. The van der Waals surface area contributed by atoms with Crippen molar-refractivity contribution in [3.63, 3.8) is 0 Å². The average Bonchev–Trinajstić information content (AvgIpc) is 3.24. The topological polar surface area (TPSA) is 84.0 Å². The second kappa shape index (κ2) is 12.2. The van der Waals surface area contributed by atoms with Gasteiger partial charge in [0, 0.05) is 12.1 Å². The fourth-order valence-corrected chi connectivity index (χ4v) is 4.43. The fourth-order valence-electron chi connectivity index (χ4n) is 2.86. The highest BCUT2D eigenvalue weighted by atomic mass is 32.2. The first-order valence-corrected chi connectivity index (χ1v) is 12.1. The molecule has 2 N–H and O–H groups in total. The van der Waals surface area contributed by atoms with E-state index in [2.05, 4.69) is 39.9 Å². The maximum atomic E-state index is 12.2. The van der Waals surface area contributed by atoms with Crippen molar-refractivity contribution in [2.45, 2.75) is 43.4 Å². The molecule has 0 radical (unpaired) electrons. The van der Waals surface area contributed by atoms with E-state index in [1.54, 1.807) is 0 Å². The van der Waals surface area contributed by atoms with E-state index in [1.165, 1.54) is 41.5 Å². The van der Waals surface area contributed by atoms with Crippen LogP contribution in [0.5, 0.6) is 0 Å². The van der Waals surface area contributed by atoms with Crippen molar-refractivity contribution in [1.82, 2.24) is 10.2 Å². The zero-order valence-electron chi connectivity index (χ0n) is 17.5. The van der Waals surface area contributed by atoms with Gasteiger partial charge in [-0.05, 0) is 42.5 Å². The number of rotatable bonds is 11. The SMILES string of the molecule is CCCCc1ccc(NC(=O)CSc2nnc(NC(=O)CCc3ccccc3)s2)cc1. The van der Waals surface area contributed by atoms with Crippen LogP contribution in [0.2, 0.25) is 0 Å². The van der Waals surface area contributed by atoms with Crippen molar-refractivity contribution in [3.05, 3.63) is 65.7 Å². The Morgan fingerprint density at radius 1 is 0.903 bits per heavy atom. The number of benzene rings is 2. The molecule has 1 heterocycles. The lowest BCUT2D eigenvalue weighted by molar-refractivity contribution is -0.116. The summed E-state index contributed by atoms with van der Waals surface area (Å²) in [7, 11) is 0. The molecule has 0 fully saturated rings.